The topological polar surface area (TPSA) is 59.0 Å². The van der Waals surface area contributed by atoms with E-state index in [4.69, 9.17) is 9.98 Å². The van der Waals surface area contributed by atoms with Crippen molar-refractivity contribution in [1.82, 2.24) is 20.5 Å². The number of piperazine rings is 1. The number of pyridine rings is 1. The lowest BCUT2D eigenvalue weighted by atomic mass is 10.2. The fourth-order valence-electron chi connectivity index (χ4n) is 4.28. The van der Waals surface area contributed by atoms with Crippen LogP contribution in [0.4, 0.5) is 11.5 Å². The van der Waals surface area contributed by atoms with Gasteiger partial charge in [-0.15, -0.1) is 0 Å². The van der Waals surface area contributed by atoms with Gasteiger partial charge >= 0.3 is 0 Å². The number of nitrogens with zero attached hydrogens (tertiary/aromatic N) is 5. The van der Waals surface area contributed by atoms with Crippen LogP contribution in [0.2, 0.25) is 0 Å². The summed E-state index contributed by atoms with van der Waals surface area (Å²) < 4.78 is 0. The van der Waals surface area contributed by atoms with E-state index in [-0.39, 0.29) is 0 Å². The van der Waals surface area contributed by atoms with Crippen LogP contribution in [0.25, 0.3) is 0 Å². The maximum atomic E-state index is 4.82. The van der Waals surface area contributed by atoms with Crippen molar-refractivity contribution in [1.29, 1.82) is 0 Å². The van der Waals surface area contributed by atoms with Gasteiger partial charge in [-0.2, -0.15) is 0 Å². The molecule has 32 heavy (non-hydrogen) atoms. The minimum atomic E-state index is 0.395. The molecule has 1 unspecified atom stereocenters. The van der Waals surface area contributed by atoms with Crippen LogP contribution in [0.3, 0.4) is 0 Å². The Balaban J connectivity index is 1.31. The highest BCUT2D eigenvalue weighted by molar-refractivity contribution is 5.80. The molecule has 0 saturated carbocycles. The zero-order valence-corrected chi connectivity index (χ0v) is 19.7. The van der Waals surface area contributed by atoms with E-state index in [9.17, 15) is 0 Å². The maximum absolute atomic E-state index is 4.82. The van der Waals surface area contributed by atoms with Crippen molar-refractivity contribution in [3.8, 4) is 0 Å². The zero-order chi connectivity index (χ0) is 22.3. The van der Waals surface area contributed by atoms with Crippen molar-refractivity contribution in [2.24, 2.45) is 4.99 Å². The summed E-state index contributed by atoms with van der Waals surface area (Å²) in [4.78, 5) is 16.7. The van der Waals surface area contributed by atoms with Crippen molar-refractivity contribution in [2.75, 3.05) is 62.7 Å². The highest BCUT2D eigenvalue weighted by Gasteiger charge is 2.23. The standard InChI is InChI=1S/C25H37N7/c1-4-26-25(29-22-11-12-32(19-22)23-8-5-20(2)6-9-23)28-18-21-7-10-24(27-17-21)31-15-13-30(3)14-16-31/h5-10,17,22H,4,11-16,18-19H2,1-3H3,(H2,26,28,29). The van der Waals surface area contributed by atoms with E-state index in [2.05, 4.69) is 82.6 Å². The number of aromatic nitrogens is 1. The number of anilines is 2. The summed E-state index contributed by atoms with van der Waals surface area (Å²) in [6, 6.07) is 13.5. The van der Waals surface area contributed by atoms with Crippen LogP contribution in [0.1, 0.15) is 24.5 Å². The molecular formula is C25H37N7. The first kappa shape index (κ1) is 22.4. The first-order chi connectivity index (χ1) is 15.6. The van der Waals surface area contributed by atoms with Gasteiger partial charge < -0.3 is 25.3 Å². The second-order valence-electron chi connectivity index (χ2n) is 8.92. The summed E-state index contributed by atoms with van der Waals surface area (Å²) in [5.41, 5.74) is 3.73. The number of benzene rings is 1. The number of guanidine groups is 1. The third-order valence-electron chi connectivity index (χ3n) is 6.33. The minimum Gasteiger partial charge on any atom is -0.369 e. The monoisotopic (exact) mass is 435 g/mol. The molecule has 7 heteroatoms. The van der Waals surface area contributed by atoms with Crippen LogP contribution in [0, 0.1) is 6.92 Å². The van der Waals surface area contributed by atoms with E-state index in [0.717, 1.165) is 69.6 Å². The predicted octanol–water partition coefficient (Wildman–Crippen LogP) is 2.48. The van der Waals surface area contributed by atoms with E-state index in [0.29, 0.717) is 12.6 Å². The number of hydrogen-bond acceptors (Lipinski definition) is 5. The maximum Gasteiger partial charge on any atom is 0.191 e. The molecule has 2 aromatic rings. The Morgan fingerprint density at radius 2 is 1.81 bits per heavy atom. The van der Waals surface area contributed by atoms with Crippen molar-refractivity contribution in [2.45, 2.75) is 32.9 Å². The minimum absolute atomic E-state index is 0.395. The lowest BCUT2D eigenvalue weighted by Gasteiger charge is -2.33. The van der Waals surface area contributed by atoms with Gasteiger partial charge in [-0.05, 0) is 51.1 Å². The second-order valence-corrected chi connectivity index (χ2v) is 8.92. The van der Waals surface area contributed by atoms with Crippen molar-refractivity contribution < 1.29 is 0 Å². The van der Waals surface area contributed by atoms with Gasteiger partial charge in [0.2, 0.25) is 0 Å². The number of rotatable bonds is 6. The van der Waals surface area contributed by atoms with Crippen molar-refractivity contribution >= 4 is 17.5 Å². The Kier molecular flexibility index (Phi) is 7.47. The summed E-state index contributed by atoms with van der Waals surface area (Å²) >= 11 is 0. The third-order valence-corrected chi connectivity index (χ3v) is 6.33. The molecular weight excluding hydrogens is 398 g/mol. The summed E-state index contributed by atoms with van der Waals surface area (Å²) in [7, 11) is 2.17. The van der Waals surface area contributed by atoms with E-state index in [1.165, 1.54) is 11.3 Å². The van der Waals surface area contributed by atoms with Gasteiger partial charge in [-0.3, -0.25) is 0 Å². The fourth-order valence-corrected chi connectivity index (χ4v) is 4.28. The van der Waals surface area contributed by atoms with Gasteiger partial charge in [0.25, 0.3) is 0 Å². The summed E-state index contributed by atoms with van der Waals surface area (Å²) in [6.07, 6.45) is 3.08. The van der Waals surface area contributed by atoms with Gasteiger partial charge in [0.05, 0.1) is 6.54 Å². The van der Waals surface area contributed by atoms with E-state index < -0.39 is 0 Å². The average molecular weight is 436 g/mol. The molecule has 0 bridgehead atoms. The van der Waals surface area contributed by atoms with Crippen LogP contribution in [-0.2, 0) is 6.54 Å². The molecule has 2 N–H and O–H groups in total. The Morgan fingerprint density at radius 1 is 1.03 bits per heavy atom. The van der Waals surface area contributed by atoms with E-state index in [1.807, 2.05) is 6.20 Å². The number of likely N-dealkylation sites (N-methyl/N-ethyl adjacent to an activating group) is 1. The predicted molar refractivity (Wildman–Crippen MR) is 134 cm³/mol. The summed E-state index contributed by atoms with van der Waals surface area (Å²) in [6.45, 7) is 12.0. The van der Waals surface area contributed by atoms with Gasteiger partial charge in [0.1, 0.15) is 5.82 Å². The molecule has 4 rings (SSSR count). The first-order valence-electron chi connectivity index (χ1n) is 11.9. The normalized spacial score (nSPS) is 20.0. The number of aliphatic imine (C=N–C) groups is 1. The number of aryl methyl sites for hydroxylation is 1. The molecule has 2 aliphatic rings. The zero-order valence-electron chi connectivity index (χ0n) is 19.7. The smallest absolute Gasteiger partial charge is 0.191 e. The second kappa shape index (κ2) is 10.7. The fraction of sp³-hybridized carbons (Fsp3) is 0.520. The quantitative estimate of drug-likeness (QED) is 0.537. The van der Waals surface area contributed by atoms with Crippen LogP contribution in [-0.4, -0.2) is 74.7 Å². The Hall–Kier alpha value is -2.80. The third kappa shape index (κ3) is 5.91. The Morgan fingerprint density at radius 3 is 2.50 bits per heavy atom. The molecule has 172 valence electrons. The molecule has 3 heterocycles. The van der Waals surface area contributed by atoms with E-state index >= 15 is 0 Å². The molecule has 2 saturated heterocycles. The highest BCUT2D eigenvalue weighted by atomic mass is 15.3. The van der Waals surface area contributed by atoms with Crippen LogP contribution in [0.5, 0.6) is 0 Å². The number of nitrogens with one attached hydrogen (secondary N) is 2. The summed E-state index contributed by atoms with van der Waals surface area (Å²) in [5.74, 6) is 1.95. The molecule has 1 atom stereocenters. The van der Waals surface area contributed by atoms with Crippen molar-refractivity contribution in [3.63, 3.8) is 0 Å². The molecule has 0 aliphatic carbocycles. The Bertz CT molecular complexity index is 870. The van der Waals surface area contributed by atoms with Gasteiger partial charge in [0.15, 0.2) is 5.96 Å². The van der Waals surface area contributed by atoms with Gasteiger partial charge in [0, 0.05) is 63.7 Å². The molecule has 0 spiro atoms. The SMILES string of the molecule is CCNC(=NCc1ccc(N2CCN(C)CC2)nc1)NC1CCN(c2ccc(C)cc2)C1. The van der Waals surface area contributed by atoms with Gasteiger partial charge in [-0.25, -0.2) is 9.98 Å². The Labute approximate surface area is 192 Å². The average Bonchev–Trinajstić information content (AvgIpc) is 3.27. The van der Waals surface area contributed by atoms with Crippen molar-refractivity contribution in [3.05, 3.63) is 53.7 Å². The molecule has 1 aromatic heterocycles. The molecule has 7 nitrogen and oxygen atoms in total. The van der Waals surface area contributed by atoms with Crippen LogP contribution >= 0.6 is 0 Å². The molecule has 2 fully saturated rings. The van der Waals surface area contributed by atoms with E-state index in [1.54, 1.807) is 0 Å². The molecule has 2 aliphatic heterocycles. The molecule has 0 radical (unpaired) electrons. The van der Waals surface area contributed by atoms with Crippen LogP contribution < -0.4 is 20.4 Å². The molecule has 1 aromatic carbocycles. The first-order valence-corrected chi connectivity index (χ1v) is 11.9. The number of hydrogen-bond donors (Lipinski definition) is 2. The van der Waals surface area contributed by atoms with Gasteiger partial charge in [-0.1, -0.05) is 23.8 Å². The lowest BCUT2D eigenvalue weighted by molar-refractivity contribution is 0.312. The lowest BCUT2D eigenvalue weighted by Crippen LogP contribution is -2.44. The largest absolute Gasteiger partial charge is 0.369 e. The summed E-state index contributed by atoms with van der Waals surface area (Å²) in [5, 5.41) is 7.03. The highest BCUT2D eigenvalue weighted by Crippen LogP contribution is 2.21. The van der Waals surface area contributed by atoms with Crippen LogP contribution in [0.15, 0.2) is 47.6 Å². The molecule has 0 amide bonds.